The van der Waals surface area contributed by atoms with Gasteiger partial charge in [-0.3, -0.25) is 0 Å². The van der Waals surface area contributed by atoms with Crippen LogP contribution >= 0.6 is 0 Å². The largest absolute Gasteiger partial charge is 0.496 e. The third kappa shape index (κ3) is 3.09. The van der Waals surface area contributed by atoms with Crippen molar-refractivity contribution in [1.82, 2.24) is 5.32 Å². The number of methoxy groups -OCH3 is 1. The van der Waals surface area contributed by atoms with E-state index in [9.17, 15) is 0 Å². The molecule has 0 spiro atoms. The Balaban J connectivity index is 2.05. The van der Waals surface area contributed by atoms with Crippen LogP contribution in [0.1, 0.15) is 52.1 Å². The van der Waals surface area contributed by atoms with E-state index in [1.54, 1.807) is 7.11 Å². The van der Waals surface area contributed by atoms with Gasteiger partial charge >= 0.3 is 0 Å². The molecule has 1 aliphatic rings. The van der Waals surface area contributed by atoms with E-state index >= 15 is 0 Å². The second kappa shape index (κ2) is 6.80. The van der Waals surface area contributed by atoms with Gasteiger partial charge < -0.3 is 14.8 Å². The third-order valence-electron chi connectivity index (χ3n) is 5.17. The smallest absolute Gasteiger partial charge is 0.123 e. The number of hydrogen-bond donors (Lipinski definition) is 1. The predicted octanol–water partition coefficient (Wildman–Crippen LogP) is 3.94. The van der Waals surface area contributed by atoms with Crippen LogP contribution in [0.4, 0.5) is 0 Å². The van der Waals surface area contributed by atoms with Crippen LogP contribution in [0.15, 0.2) is 24.3 Å². The normalized spacial score (nSPS) is 29.8. The van der Waals surface area contributed by atoms with Crippen LogP contribution < -0.4 is 10.1 Å². The molecule has 1 fully saturated rings. The molecule has 4 atom stereocenters. The zero-order chi connectivity index (χ0) is 15.5. The molecular weight excluding hydrogens is 262 g/mol. The highest BCUT2D eigenvalue weighted by molar-refractivity contribution is 5.35. The third-order valence-corrected chi connectivity index (χ3v) is 5.17. The van der Waals surface area contributed by atoms with Gasteiger partial charge in [-0.05, 0) is 32.8 Å². The van der Waals surface area contributed by atoms with E-state index in [0.29, 0.717) is 12.1 Å². The first kappa shape index (κ1) is 16.3. The molecule has 0 amide bonds. The van der Waals surface area contributed by atoms with Crippen molar-refractivity contribution in [2.24, 2.45) is 5.41 Å². The summed E-state index contributed by atoms with van der Waals surface area (Å²) in [6, 6.07) is 9.02. The molecule has 0 aliphatic heterocycles. The summed E-state index contributed by atoms with van der Waals surface area (Å²) in [5.41, 5.74) is 1.45. The number of hydrogen-bond acceptors (Lipinski definition) is 3. The molecule has 118 valence electrons. The van der Waals surface area contributed by atoms with Gasteiger partial charge in [-0.25, -0.2) is 0 Å². The van der Waals surface area contributed by atoms with Gasteiger partial charge in [0.25, 0.3) is 0 Å². The van der Waals surface area contributed by atoms with E-state index in [0.717, 1.165) is 25.2 Å². The van der Waals surface area contributed by atoms with Crippen LogP contribution in [0.5, 0.6) is 5.75 Å². The minimum absolute atomic E-state index is 0.228. The van der Waals surface area contributed by atoms with Crippen molar-refractivity contribution in [2.45, 2.75) is 58.7 Å². The van der Waals surface area contributed by atoms with Gasteiger partial charge in [-0.2, -0.15) is 0 Å². The molecule has 0 aromatic heterocycles. The fraction of sp³-hybridized carbons (Fsp3) is 0.667. The number of ether oxygens (including phenoxy) is 2. The van der Waals surface area contributed by atoms with Crippen LogP contribution in [0.3, 0.4) is 0 Å². The molecule has 3 heteroatoms. The SMILES string of the molecule is CCOC1CC(NC(C)c2ccccc2OC)C1(C)CC. The highest BCUT2D eigenvalue weighted by Crippen LogP contribution is 2.46. The molecule has 0 bridgehead atoms. The Morgan fingerprint density at radius 1 is 1.33 bits per heavy atom. The van der Waals surface area contributed by atoms with E-state index in [2.05, 4.69) is 45.1 Å². The van der Waals surface area contributed by atoms with E-state index in [1.165, 1.54) is 5.56 Å². The molecule has 21 heavy (non-hydrogen) atoms. The van der Waals surface area contributed by atoms with E-state index in [4.69, 9.17) is 9.47 Å². The Morgan fingerprint density at radius 2 is 2.05 bits per heavy atom. The lowest BCUT2D eigenvalue weighted by molar-refractivity contribution is -0.127. The zero-order valence-electron chi connectivity index (χ0n) is 14.0. The molecule has 1 N–H and O–H groups in total. The average molecular weight is 291 g/mol. The average Bonchev–Trinajstić information content (AvgIpc) is 2.52. The molecule has 0 radical (unpaired) electrons. The van der Waals surface area contributed by atoms with Gasteiger partial charge in [-0.15, -0.1) is 0 Å². The maximum Gasteiger partial charge on any atom is 0.123 e. The summed E-state index contributed by atoms with van der Waals surface area (Å²) in [6.45, 7) is 9.68. The summed E-state index contributed by atoms with van der Waals surface area (Å²) >= 11 is 0. The fourth-order valence-corrected chi connectivity index (χ4v) is 3.42. The quantitative estimate of drug-likeness (QED) is 0.825. The molecule has 1 aliphatic carbocycles. The first-order chi connectivity index (χ1) is 10.1. The van der Waals surface area contributed by atoms with Crippen molar-refractivity contribution >= 4 is 0 Å². The number of para-hydroxylation sites is 1. The molecule has 1 aromatic rings. The van der Waals surface area contributed by atoms with Crippen molar-refractivity contribution in [3.8, 4) is 5.75 Å². The lowest BCUT2D eigenvalue weighted by Gasteiger charge is -2.54. The molecule has 0 saturated heterocycles. The molecular formula is C18H29NO2. The second-order valence-electron chi connectivity index (χ2n) is 6.22. The van der Waals surface area contributed by atoms with Gasteiger partial charge in [0.05, 0.1) is 13.2 Å². The molecule has 1 aromatic carbocycles. The summed E-state index contributed by atoms with van der Waals surface area (Å²) in [5, 5.41) is 3.78. The van der Waals surface area contributed by atoms with E-state index in [-0.39, 0.29) is 11.5 Å². The minimum atomic E-state index is 0.228. The maximum atomic E-state index is 5.88. The van der Waals surface area contributed by atoms with Crippen molar-refractivity contribution in [3.05, 3.63) is 29.8 Å². The Kier molecular flexibility index (Phi) is 5.28. The Hall–Kier alpha value is -1.06. The van der Waals surface area contributed by atoms with Crippen molar-refractivity contribution < 1.29 is 9.47 Å². The standard InChI is InChI=1S/C18H29NO2/c1-6-18(4)16(12-17(18)21-7-2)19-13(3)14-10-8-9-11-15(14)20-5/h8-11,13,16-17,19H,6-7,12H2,1-5H3. The van der Waals surface area contributed by atoms with Crippen LogP contribution in [-0.2, 0) is 4.74 Å². The van der Waals surface area contributed by atoms with Gasteiger partial charge in [0.2, 0.25) is 0 Å². The van der Waals surface area contributed by atoms with E-state index < -0.39 is 0 Å². The Morgan fingerprint density at radius 3 is 2.67 bits per heavy atom. The summed E-state index contributed by atoms with van der Waals surface area (Å²) in [5.74, 6) is 0.955. The monoisotopic (exact) mass is 291 g/mol. The summed E-state index contributed by atoms with van der Waals surface area (Å²) in [6.07, 6.45) is 2.61. The second-order valence-corrected chi connectivity index (χ2v) is 6.22. The highest BCUT2D eigenvalue weighted by Gasteiger charge is 2.51. The van der Waals surface area contributed by atoms with Crippen LogP contribution in [-0.4, -0.2) is 25.9 Å². The van der Waals surface area contributed by atoms with Gasteiger partial charge in [0.15, 0.2) is 0 Å². The number of benzene rings is 1. The topological polar surface area (TPSA) is 30.5 Å². The van der Waals surface area contributed by atoms with Gasteiger partial charge in [-0.1, -0.05) is 32.0 Å². The van der Waals surface area contributed by atoms with Crippen LogP contribution in [0, 0.1) is 5.41 Å². The molecule has 2 rings (SSSR count). The predicted molar refractivity (Wildman–Crippen MR) is 86.8 cm³/mol. The maximum absolute atomic E-state index is 5.88. The molecule has 1 saturated carbocycles. The lowest BCUT2D eigenvalue weighted by atomic mass is 9.61. The number of nitrogens with one attached hydrogen (secondary N) is 1. The summed E-state index contributed by atoms with van der Waals surface area (Å²) in [4.78, 5) is 0. The van der Waals surface area contributed by atoms with Crippen molar-refractivity contribution in [3.63, 3.8) is 0 Å². The molecule has 3 nitrogen and oxygen atoms in total. The first-order valence-electron chi connectivity index (χ1n) is 8.07. The Bertz CT molecular complexity index is 462. The van der Waals surface area contributed by atoms with Crippen molar-refractivity contribution in [1.29, 1.82) is 0 Å². The van der Waals surface area contributed by atoms with Gasteiger partial charge in [0, 0.05) is 29.7 Å². The highest BCUT2D eigenvalue weighted by atomic mass is 16.5. The van der Waals surface area contributed by atoms with E-state index in [1.807, 2.05) is 12.1 Å². The van der Waals surface area contributed by atoms with Crippen LogP contribution in [0.2, 0.25) is 0 Å². The van der Waals surface area contributed by atoms with Gasteiger partial charge in [0.1, 0.15) is 5.75 Å². The molecule has 4 unspecified atom stereocenters. The molecule has 0 heterocycles. The van der Waals surface area contributed by atoms with Crippen LogP contribution in [0.25, 0.3) is 0 Å². The zero-order valence-corrected chi connectivity index (χ0v) is 14.0. The Labute approximate surface area is 129 Å². The van der Waals surface area contributed by atoms with Crippen molar-refractivity contribution in [2.75, 3.05) is 13.7 Å². The fourth-order valence-electron chi connectivity index (χ4n) is 3.42. The summed E-state index contributed by atoms with van der Waals surface area (Å²) < 4.78 is 11.4. The lowest BCUT2D eigenvalue weighted by Crippen LogP contribution is -2.62. The first-order valence-corrected chi connectivity index (χ1v) is 8.07. The number of rotatable bonds is 7. The minimum Gasteiger partial charge on any atom is -0.496 e. The summed E-state index contributed by atoms with van der Waals surface area (Å²) in [7, 11) is 1.73.